The second-order valence-electron chi connectivity index (χ2n) is 6.13. The van der Waals surface area contributed by atoms with E-state index in [1.54, 1.807) is 0 Å². The molecule has 0 atom stereocenters. The third-order valence-electron chi connectivity index (χ3n) is 4.71. The molecule has 1 heteroatoms. The van der Waals surface area contributed by atoms with Gasteiger partial charge in [0.1, 0.15) is 0 Å². The molecule has 1 nitrogen and oxygen atoms in total. The molecule has 0 unspecified atom stereocenters. The first-order chi connectivity index (χ1) is 9.68. The maximum absolute atomic E-state index is 12.9. The summed E-state index contributed by atoms with van der Waals surface area (Å²) in [5.74, 6) is 0.618. The molecule has 0 heterocycles. The highest BCUT2D eigenvalue weighted by Crippen LogP contribution is 2.32. The predicted octanol–water partition coefficient (Wildman–Crippen LogP) is 5.22. The van der Waals surface area contributed by atoms with Crippen LogP contribution in [0.3, 0.4) is 0 Å². The van der Waals surface area contributed by atoms with Crippen LogP contribution in [0.1, 0.15) is 53.6 Å². The monoisotopic (exact) mass is 266 g/mol. The Morgan fingerprint density at radius 1 is 0.900 bits per heavy atom. The van der Waals surface area contributed by atoms with Crippen molar-refractivity contribution in [1.82, 2.24) is 0 Å². The molecule has 1 aliphatic carbocycles. The number of hydrogen-bond acceptors (Lipinski definition) is 1. The Labute approximate surface area is 121 Å². The van der Waals surface area contributed by atoms with Gasteiger partial charge in [0.2, 0.25) is 0 Å². The molecule has 1 aliphatic rings. The van der Waals surface area contributed by atoms with E-state index in [1.807, 2.05) is 0 Å². The lowest BCUT2D eigenvalue weighted by Crippen LogP contribution is -2.19. The summed E-state index contributed by atoms with van der Waals surface area (Å²) >= 11 is 0. The van der Waals surface area contributed by atoms with Crippen LogP contribution in [0.15, 0.2) is 30.3 Å². The molecule has 2 aromatic rings. The van der Waals surface area contributed by atoms with Gasteiger partial charge in [0, 0.05) is 11.5 Å². The molecule has 104 valence electrons. The number of aryl methyl sites for hydroxylation is 2. The number of carbonyl (C=O) groups excluding carboxylic acids is 1. The highest BCUT2D eigenvalue weighted by molar-refractivity contribution is 6.10. The van der Waals surface area contributed by atoms with E-state index < -0.39 is 0 Å². The van der Waals surface area contributed by atoms with E-state index in [2.05, 4.69) is 44.2 Å². The van der Waals surface area contributed by atoms with Crippen molar-refractivity contribution in [2.75, 3.05) is 0 Å². The Morgan fingerprint density at radius 2 is 1.65 bits per heavy atom. The topological polar surface area (TPSA) is 17.1 Å². The van der Waals surface area contributed by atoms with Gasteiger partial charge in [-0.3, -0.25) is 4.79 Å². The average Bonchev–Trinajstić information content (AvgIpc) is 2.48. The van der Waals surface area contributed by atoms with E-state index in [0.717, 1.165) is 29.4 Å². The molecule has 0 spiro atoms. The Kier molecular flexibility index (Phi) is 3.60. The van der Waals surface area contributed by atoms with Gasteiger partial charge in [0.15, 0.2) is 5.78 Å². The third kappa shape index (κ3) is 2.26. The molecule has 0 bridgehead atoms. The number of hydrogen-bond donors (Lipinski definition) is 0. The maximum atomic E-state index is 12.9. The van der Waals surface area contributed by atoms with E-state index in [4.69, 9.17) is 0 Å². The third-order valence-corrected chi connectivity index (χ3v) is 4.71. The van der Waals surface area contributed by atoms with Gasteiger partial charge in [-0.1, -0.05) is 49.6 Å². The summed E-state index contributed by atoms with van der Waals surface area (Å²) in [6, 6.07) is 10.5. The second kappa shape index (κ2) is 5.40. The lowest BCUT2D eigenvalue weighted by Gasteiger charge is -2.22. The van der Waals surface area contributed by atoms with Crippen LogP contribution in [0, 0.1) is 19.8 Å². The first-order valence-corrected chi connectivity index (χ1v) is 7.71. The molecule has 0 amide bonds. The lowest BCUT2D eigenvalue weighted by molar-refractivity contribution is 0.0890. The largest absolute Gasteiger partial charge is 0.294 e. The van der Waals surface area contributed by atoms with Gasteiger partial charge in [-0.15, -0.1) is 0 Å². The average molecular weight is 266 g/mol. The number of rotatable bonds is 2. The summed E-state index contributed by atoms with van der Waals surface area (Å²) in [6.45, 7) is 4.18. The van der Waals surface area contributed by atoms with Crippen LogP contribution in [0.2, 0.25) is 0 Å². The first kappa shape index (κ1) is 13.4. The van der Waals surface area contributed by atoms with Gasteiger partial charge in [-0.2, -0.15) is 0 Å². The SMILES string of the molecule is Cc1ccc2c(C)cccc2c1C(=O)C1CCCCC1. The van der Waals surface area contributed by atoms with Gasteiger partial charge in [0.05, 0.1) is 0 Å². The zero-order valence-corrected chi connectivity index (χ0v) is 12.4. The fourth-order valence-corrected chi connectivity index (χ4v) is 3.52. The van der Waals surface area contributed by atoms with Crippen molar-refractivity contribution in [3.8, 4) is 0 Å². The summed E-state index contributed by atoms with van der Waals surface area (Å²) in [5, 5.41) is 2.36. The molecule has 0 aromatic heterocycles. The quantitative estimate of drug-likeness (QED) is 0.681. The summed E-state index contributed by atoms with van der Waals surface area (Å²) in [6.07, 6.45) is 5.84. The van der Waals surface area contributed by atoms with Crippen LogP contribution in [0.4, 0.5) is 0 Å². The number of benzene rings is 2. The number of ketones is 1. The molecule has 20 heavy (non-hydrogen) atoms. The summed E-state index contributed by atoms with van der Waals surface area (Å²) in [7, 11) is 0. The zero-order valence-electron chi connectivity index (χ0n) is 12.4. The minimum atomic E-state index is 0.244. The minimum Gasteiger partial charge on any atom is -0.294 e. The van der Waals surface area contributed by atoms with Crippen LogP contribution >= 0.6 is 0 Å². The summed E-state index contributed by atoms with van der Waals surface area (Å²) in [5.41, 5.74) is 3.34. The molecular formula is C19H22O. The minimum absolute atomic E-state index is 0.244. The zero-order chi connectivity index (χ0) is 14.1. The lowest BCUT2D eigenvalue weighted by atomic mass is 9.81. The van der Waals surface area contributed by atoms with Gasteiger partial charge in [0.25, 0.3) is 0 Å². The first-order valence-electron chi connectivity index (χ1n) is 7.71. The molecule has 0 N–H and O–H groups in total. The molecule has 2 aromatic carbocycles. The molecule has 3 rings (SSSR count). The van der Waals surface area contributed by atoms with E-state index in [1.165, 1.54) is 30.2 Å². The van der Waals surface area contributed by atoms with Crippen molar-refractivity contribution in [2.45, 2.75) is 46.0 Å². The predicted molar refractivity (Wildman–Crippen MR) is 84.3 cm³/mol. The molecule has 0 aliphatic heterocycles. The standard InChI is InChI=1S/C19H22O/c1-13-7-6-10-17-16(13)12-11-14(2)18(17)19(20)15-8-4-3-5-9-15/h6-7,10-12,15H,3-5,8-9H2,1-2H3. The molecule has 1 saturated carbocycles. The smallest absolute Gasteiger partial charge is 0.166 e. The van der Waals surface area contributed by atoms with Gasteiger partial charge >= 0.3 is 0 Å². The van der Waals surface area contributed by atoms with Crippen molar-refractivity contribution < 1.29 is 4.79 Å². The summed E-state index contributed by atoms with van der Waals surface area (Å²) in [4.78, 5) is 12.9. The van der Waals surface area contributed by atoms with E-state index >= 15 is 0 Å². The fourth-order valence-electron chi connectivity index (χ4n) is 3.52. The van der Waals surface area contributed by atoms with Gasteiger partial charge in [-0.05, 0) is 48.6 Å². The highest BCUT2D eigenvalue weighted by atomic mass is 16.1. The second-order valence-corrected chi connectivity index (χ2v) is 6.13. The fraction of sp³-hybridized carbons (Fsp3) is 0.421. The van der Waals surface area contributed by atoms with Crippen molar-refractivity contribution in [1.29, 1.82) is 0 Å². The van der Waals surface area contributed by atoms with Crippen LogP contribution in [0.5, 0.6) is 0 Å². The van der Waals surface area contributed by atoms with Crippen molar-refractivity contribution >= 4 is 16.6 Å². The van der Waals surface area contributed by atoms with E-state index in [9.17, 15) is 4.79 Å². The molecule has 0 saturated heterocycles. The number of Topliss-reactive ketones (excluding diaryl/α,β-unsaturated/α-hetero) is 1. The van der Waals surface area contributed by atoms with Crippen molar-refractivity contribution in [3.63, 3.8) is 0 Å². The van der Waals surface area contributed by atoms with Gasteiger partial charge < -0.3 is 0 Å². The number of carbonyl (C=O) groups is 1. The normalized spacial score (nSPS) is 16.5. The van der Waals surface area contributed by atoms with Crippen molar-refractivity contribution in [3.05, 3.63) is 47.0 Å². The Balaban J connectivity index is 2.12. The van der Waals surface area contributed by atoms with E-state index in [-0.39, 0.29) is 5.92 Å². The van der Waals surface area contributed by atoms with Crippen LogP contribution in [-0.4, -0.2) is 5.78 Å². The van der Waals surface area contributed by atoms with Crippen LogP contribution < -0.4 is 0 Å². The molecule has 1 fully saturated rings. The Hall–Kier alpha value is -1.63. The Bertz CT molecular complexity index is 648. The van der Waals surface area contributed by atoms with Crippen LogP contribution in [-0.2, 0) is 0 Å². The van der Waals surface area contributed by atoms with Gasteiger partial charge in [-0.25, -0.2) is 0 Å². The molecule has 0 radical (unpaired) electrons. The highest BCUT2D eigenvalue weighted by Gasteiger charge is 2.25. The van der Waals surface area contributed by atoms with Crippen molar-refractivity contribution in [2.24, 2.45) is 5.92 Å². The maximum Gasteiger partial charge on any atom is 0.166 e. The number of fused-ring (bicyclic) bond motifs is 1. The Morgan fingerprint density at radius 3 is 2.40 bits per heavy atom. The van der Waals surface area contributed by atoms with Crippen LogP contribution in [0.25, 0.3) is 10.8 Å². The van der Waals surface area contributed by atoms with E-state index in [0.29, 0.717) is 5.78 Å². The summed E-state index contributed by atoms with van der Waals surface area (Å²) < 4.78 is 0. The molecular weight excluding hydrogens is 244 g/mol.